The maximum absolute atomic E-state index is 6.03. The molecular weight excluding hydrogens is 212 g/mol. The van der Waals surface area contributed by atoms with E-state index in [1.54, 1.807) is 13.2 Å². The Labute approximate surface area is 95.4 Å². The van der Waals surface area contributed by atoms with Gasteiger partial charge in [0.15, 0.2) is 0 Å². The third-order valence-electron chi connectivity index (χ3n) is 2.31. The number of methoxy groups -OCH3 is 1. The lowest BCUT2D eigenvalue weighted by Crippen LogP contribution is -2.13. The molecule has 1 aromatic carbocycles. The fraction of sp³-hybridized carbons (Fsp3) is 0.455. The molecule has 0 amide bonds. The van der Waals surface area contributed by atoms with Gasteiger partial charge in [-0.1, -0.05) is 11.6 Å². The van der Waals surface area contributed by atoms with Gasteiger partial charge < -0.3 is 16.2 Å². The molecule has 0 aliphatic heterocycles. The number of halogens is 1. The van der Waals surface area contributed by atoms with Crippen LogP contribution < -0.4 is 16.2 Å². The molecule has 0 unspecified atom stereocenters. The summed E-state index contributed by atoms with van der Waals surface area (Å²) in [6, 6.07) is 5.41. The van der Waals surface area contributed by atoms with Crippen molar-refractivity contribution in [1.82, 2.24) is 0 Å². The molecule has 0 bridgehead atoms. The molecule has 0 fully saturated rings. The van der Waals surface area contributed by atoms with Crippen molar-refractivity contribution in [2.75, 3.05) is 13.7 Å². The van der Waals surface area contributed by atoms with Gasteiger partial charge in [0.1, 0.15) is 5.75 Å². The highest BCUT2D eigenvalue weighted by molar-refractivity contribution is 6.30. The first-order valence-electron chi connectivity index (χ1n) is 4.98. The molecule has 0 aliphatic carbocycles. The van der Waals surface area contributed by atoms with Crippen LogP contribution in [-0.2, 0) is 0 Å². The SMILES string of the molecule is COc1ccc(Cl)cc1[C@@H](N)CCCN. The fourth-order valence-electron chi connectivity index (χ4n) is 1.49. The van der Waals surface area contributed by atoms with Crippen molar-refractivity contribution in [2.45, 2.75) is 18.9 Å². The van der Waals surface area contributed by atoms with Crippen LogP contribution >= 0.6 is 11.6 Å². The van der Waals surface area contributed by atoms with Gasteiger partial charge >= 0.3 is 0 Å². The van der Waals surface area contributed by atoms with Crippen LogP contribution in [0.15, 0.2) is 18.2 Å². The van der Waals surface area contributed by atoms with Gasteiger partial charge in [0.05, 0.1) is 7.11 Å². The lowest BCUT2D eigenvalue weighted by Gasteiger charge is -2.15. The van der Waals surface area contributed by atoms with Gasteiger partial charge in [-0.3, -0.25) is 0 Å². The third-order valence-corrected chi connectivity index (χ3v) is 2.55. The average Bonchev–Trinajstić information content (AvgIpc) is 2.25. The van der Waals surface area contributed by atoms with Crippen molar-refractivity contribution < 1.29 is 4.74 Å². The van der Waals surface area contributed by atoms with Crippen molar-refractivity contribution in [1.29, 1.82) is 0 Å². The summed E-state index contributed by atoms with van der Waals surface area (Å²) in [4.78, 5) is 0. The van der Waals surface area contributed by atoms with Crippen LogP contribution in [-0.4, -0.2) is 13.7 Å². The smallest absolute Gasteiger partial charge is 0.123 e. The quantitative estimate of drug-likeness (QED) is 0.811. The zero-order chi connectivity index (χ0) is 11.3. The van der Waals surface area contributed by atoms with Crippen LogP contribution in [0, 0.1) is 0 Å². The number of nitrogens with two attached hydrogens (primary N) is 2. The third kappa shape index (κ3) is 3.38. The lowest BCUT2D eigenvalue weighted by atomic mass is 10.0. The lowest BCUT2D eigenvalue weighted by molar-refractivity contribution is 0.404. The van der Waals surface area contributed by atoms with E-state index in [2.05, 4.69) is 0 Å². The van der Waals surface area contributed by atoms with E-state index in [-0.39, 0.29) is 6.04 Å². The summed E-state index contributed by atoms with van der Waals surface area (Å²) in [6.45, 7) is 0.649. The molecule has 0 aliphatic rings. The Kier molecular flexibility index (Phi) is 4.88. The Morgan fingerprint density at radius 1 is 1.47 bits per heavy atom. The van der Waals surface area contributed by atoms with Crippen LogP contribution in [0.3, 0.4) is 0 Å². The van der Waals surface area contributed by atoms with E-state index in [9.17, 15) is 0 Å². The predicted molar refractivity (Wildman–Crippen MR) is 63.2 cm³/mol. The van der Waals surface area contributed by atoms with E-state index in [0.717, 1.165) is 24.2 Å². The van der Waals surface area contributed by atoms with Gasteiger partial charge in [-0.25, -0.2) is 0 Å². The largest absolute Gasteiger partial charge is 0.496 e. The highest BCUT2D eigenvalue weighted by Gasteiger charge is 2.11. The number of rotatable bonds is 5. The monoisotopic (exact) mass is 228 g/mol. The molecule has 0 spiro atoms. The van der Waals surface area contributed by atoms with Gasteiger partial charge in [0.2, 0.25) is 0 Å². The molecule has 4 N–H and O–H groups in total. The first-order chi connectivity index (χ1) is 7.19. The summed E-state index contributed by atoms with van der Waals surface area (Å²) in [5.74, 6) is 0.781. The average molecular weight is 229 g/mol. The molecular formula is C11H17ClN2O. The summed E-state index contributed by atoms with van der Waals surface area (Å²) in [5.41, 5.74) is 12.4. The van der Waals surface area contributed by atoms with Crippen LogP contribution in [0.5, 0.6) is 5.75 Å². The van der Waals surface area contributed by atoms with Gasteiger partial charge in [0, 0.05) is 16.6 Å². The molecule has 1 atom stereocenters. The molecule has 0 radical (unpaired) electrons. The van der Waals surface area contributed by atoms with Gasteiger partial charge in [-0.05, 0) is 37.6 Å². The van der Waals surface area contributed by atoms with Crippen molar-refractivity contribution >= 4 is 11.6 Å². The highest BCUT2D eigenvalue weighted by Crippen LogP contribution is 2.29. The second kappa shape index (κ2) is 5.95. The van der Waals surface area contributed by atoms with Crippen molar-refractivity contribution in [3.63, 3.8) is 0 Å². The summed E-state index contributed by atoms with van der Waals surface area (Å²) < 4.78 is 5.23. The molecule has 84 valence electrons. The molecule has 3 nitrogen and oxygen atoms in total. The summed E-state index contributed by atoms with van der Waals surface area (Å²) >= 11 is 5.92. The van der Waals surface area contributed by atoms with E-state index in [1.165, 1.54) is 0 Å². The molecule has 1 rings (SSSR count). The predicted octanol–water partition coefficient (Wildman–Crippen LogP) is 2.09. The molecule has 0 aromatic heterocycles. The Morgan fingerprint density at radius 2 is 2.20 bits per heavy atom. The van der Waals surface area contributed by atoms with Gasteiger partial charge in [-0.2, -0.15) is 0 Å². The number of hydrogen-bond acceptors (Lipinski definition) is 3. The summed E-state index contributed by atoms with van der Waals surface area (Å²) in [5, 5.41) is 0.675. The Hall–Kier alpha value is -0.770. The van der Waals surface area contributed by atoms with Gasteiger partial charge in [0.25, 0.3) is 0 Å². The van der Waals surface area contributed by atoms with Crippen molar-refractivity contribution in [3.05, 3.63) is 28.8 Å². The second-order valence-electron chi connectivity index (χ2n) is 3.42. The van der Waals surface area contributed by atoms with Gasteiger partial charge in [-0.15, -0.1) is 0 Å². The number of ether oxygens (including phenoxy) is 1. The van der Waals surface area contributed by atoms with E-state index in [4.69, 9.17) is 27.8 Å². The first-order valence-corrected chi connectivity index (χ1v) is 5.36. The summed E-state index contributed by atoms with van der Waals surface area (Å²) in [6.07, 6.45) is 1.74. The van der Waals surface area contributed by atoms with E-state index >= 15 is 0 Å². The molecule has 0 saturated heterocycles. The molecule has 1 aromatic rings. The minimum Gasteiger partial charge on any atom is -0.496 e. The maximum Gasteiger partial charge on any atom is 0.123 e. The topological polar surface area (TPSA) is 61.3 Å². The van der Waals surface area contributed by atoms with Crippen LogP contribution in [0.2, 0.25) is 5.02 Å². The maximum atomic E-state index is 6.03. The highest BCUT2D eigenvalue weighted by atomic mass is 35.5. The summed E-state index contributed by atoms with van der Waals surface area (Å²) in [7, 11) is 1.63. The van der Waals surface area contributed by atoms with Crippen molar-refractivity contribution in [2.24, 2.45) is 11.5 Å². The van der Waals surface area contributed by atoms with Crippen LogP contribution in [0.4, 0.5) is 0 Å². The Morgan fingerprint density at radius 3 is 2.80 bits per heavy atom. The zero-order valence-corrected chi connectivity index (χ0v) is 9.63. The Bertz CT molecular complexity index is 317. The second-order valence-corrected chi connectivity index (χ2v) is 3.86. The number of hydrogen-bond donors (Lipinski definition) is 2. The molecule has 0 saturated carbocycles. The van der Waals surface area contributed by atoms with Crippen LogP contribution in [0.25, 0.3) is 0 Å². The number of benzene rings is 1. The molecule has 0 heterocycles. The van der Waals surface area contributed by atoms with Crippen molar-refractivity contribution in [3.8, 4) is 5.75 Å². The normalized spacial score (nSPS) is 12.5. The molecule has 4 heteroatoms. The fourth-order valence-corrected chi connectivity index (χ4v) is 1.67. The van der Waals surface area contributed by atoms with E-state index in [1.807, 2.05) is 12.1 Å². The van der Waals surface area contributed by atoms with E-state index in [0.29, 0.717) is 11.6 Å². The first kappa shape index (κ1) is 12.3. The van der Waals surface area contributed by atoms with Crippen LogP contribution in [0.1, 0.15) is 24.4 Å². The Balaban J connectivity index is 2.85. The minimum atomic E-state index is -0.0674. The molecule has 15 heavy (non-hydrogen) atoms. The standard InChI is InChI=1S/C11H17ClN2O/c1-15-11-5-4-8(12)7-9(11)10(14)3-2-6-13/h4-5,7,10H,2-3,6,13-14H2,1H3/t10-/m0/s1. The minimum absolute atomic E-state index is 0.0674. The zero-order valence-electron chi connectivity index (χ0n) is 8.87. The van der Waals surface area contributed by atoms with E-state index < -0.39 is 0 Å².